The zero-order valence-electron chi connectivity index (χ0n) is 13.1. The van der Waals surface area contributed by atoms with Crippen molar-refractivity contribution in [1.82, 2.24) is 0 Å². The number of hydrogen-bond acceptors (Lipinski definition) is 4. The van der Waals surface area contributed by atoms with Gasteiger partial charge in [-0.1, -0.05) is 20.8 Å². The molecule has 0 heterocycles. The lowest BCUT2D eigenvalue weighted by atomic mass is 9.94. The van der Waals surface area contributed by atoms with Gasteiger partial charge in [0.15, 0.2) is 0 Å². The van der Waals surface area contributed by atoms with E-state index in [0.29, 0.717) is 30.5 Å². The summed E-state index contributed by atoms with van der Waals surface area (Å²) in [7, 11) is 0. The van der Waals surface area contributed by atoms with Crippen molar-refractivity contribution in [2.75, 3.05) is 24.2 Å². The Morgan fingerprint density at radius 2 is 2.10 bits per heavy atom. The van der Waals surface area contributed by atoms with E-state index in [9.17, 15) is 5.11 Å². The molecule has 0 bridgehead atoms. The van der Waals surface area contributed by atoms with Crippen molar-refractivity contribution in [3.05, 3.63) is 18.2 Å². The number of aliphatic hydroxyl groups is 1. The number of nitrogens with two attached hydrogens (primary N) is 1. The largest absolute Gasteiger partial charge is 0.491 e. The topological polar surface area (TPSA) is 67.5 Å². The van der Waals surface area contributed by atoms with Crippen molar-refractivity contribution in [2.24, 2.45) is 5.92 Å². The van der Waals surface area contributed by atoms with Crippen LogP contribution in [0.25, 0.3) is 0 Å². The molecule has 114 valence electrons. The van der Waals surface area contributed by atoms with Gasteiger partial charge in [-0.3, -0.25) is 0 Å². The molecule has 4 nitrogen and oxygen atoms in total. The second kappa shape index (κ2) is 7.39. The monoisotopic (exact) mass is 280 g/mol. The predicted octanol–water partition coefficient (Wildman–Crippen LogP) is 3.27. The van der Waals surface area contributed by atoms with Crippen molar-refractivity contribution in [1.29, 1.82) is 0 Å². The fourth-order valence-corrected chi connectivity index (χ4v) is 2.23. The maximum atomic E-state index is 10.3. The first kappa shape index (κ1) is 16.6. The number of nitrogens with one attached hydrogen (secondary N) is 1. The summed E-state index contributed by atoms with van der Waals surface area (Å²) >= 11 is 0. The molecule has 1 aromatic rings. The highest BCUT2D eigenvalue weighted by atomic mass is 16.5. The van der Waals surface area contributed by atoms with Gasteiger partial charge in [-0.05, 0) is 37.8 Å². The van der Waals surface area contributed by atoms with Crippen LogP contribution < -0.4 is 15.8 Å². The highest BCUT2D eigenvalue weighted by molar-refractivity contribution is 5.61. The second-order valence-electron chi connectivity index (χ2n) is 6.05. The van der Waals surface area contributed by atoms with Crippen molar-refractivity contribution in [3.8, 4) is 5.75 Å². The third-order valence-corrected chi connectivity index (χ3v) is 3.00. The first-order valence-electron chi connectivity index (χ1n) is 7.32. The van der Waals surface area contributed by atoms with Gasteiger partial charge < -0.3 is 20.9 Å². The second-order valence-corrected chi connectivity index (χ2v) is 6.05. The van der Waals surface area contributed by atoms with Gasteiger partial charge in [-0.2, -0.15) is 0 Å². The smallest absolute Gasteiger partial charge is 0.144 e. The minimum atomic E-state index is -0.722. The Labute approximate surface area is 122 Å². The van der Waals surface area contributed by atoms with Gasteiger partial charge in [-0.25, -0.2) is 0 Å². The summed E-state index contributed by atoms with van der Waals surface area (Å²) in [5, 5.41) is 13.5. The minimum absolute atomic E-state index is 0.460. The van der Waals surface area contributed by atoms with Gasteiger partial charge in [-0.15, -0.1) is 0 Å². The lowest BCUT2D eigenvalue weighted by molar-refractivity contribution is 0.0515. The minimum Gasteiger partial charge on any atom is -0.491 e. The van der Waals surface area contributed by atoms with Gasteiger partial charge in [0.05, 0.1) is 17.9 Å². The summed E-state index contributed by atoms with van der Waals surface area (Å²) in [4.78, 5) is 0. The molecule has 0 aromatic heterocycles. The number of ether oxygens (including phenoxy) is 1. The Kier molecular flexibility index (Phi) is 6.14. The normalized spacial score (nSPS) is 14.1. The summed E-state index contributed by atoms with van der Waals surface area (Å²) in [6.07, 6.45) is 1.70. The number of anilines is 2. The van der Waals surface area contributed by atoms with Gasteiger partial charge in [0.2, 0.25) is 0 Å². The molecule has 0 aliphatic heterocycles. The van der Waals surface area contributed by atoms with E-state index in [1.54, 1.807) is 0 Å². The van der Waals surface area contributed by atoms with Crippen molar-refractivity contribution in [2.45, 2.75) is 46.1 Å². The van der Waals surface area contributed by atoms with E-state index >= 15 is 0 Å². The Balaban J connectivity index is 2.64. The lowest BCUT2D eigenvalue weighted by Crippen LogP contribution is -2.34. The molecule has 1 aromatic carbocycles. The summed E-state index contributed by atoms with van der Waals surface area (Å²) < 4.78 is 5.60. The van der Waals surface area contributed by atoms with Crippen LogP contribution >= 0.6 is 0 Å². The van der Waals surface area contributed by atoms with Gasteiger partial charge in [0.1, 0.15) is 5.75 Å². The van der Waals surface area contributed by atoms with Crippen molar-refractivity contribution < 1.29 is 9.84 Å². The van der Waals surface area contributed by atoms with Crippen LogP contribution in [0.3, 0.4) is 0 Å². The first-order valence-corrected chi connectivity index (χ1v) is 7.32. The Bertz CT molecular complexity index is 417. The van der Waals surface area contributed by atoms with Gasteiger partial charge in [0, 0.05) is 18.3 Å². The van der Waals surface area contributed by atoms with E-state index < -0.39 is 5.60 Å². The average Bonchev–Trinajstić information content (AvgIpc) is 2.35. The van der Waals surface area contributed by atoms with Crippen LogP contribution in [-0.2, 0) is 0 Å². The van der Waals surface area contributed by atoms with E-state index in [2.05, 4.69) is 26.1 Å². The molecular weight excluding hydrogens is 252 g/mol. The van der Waals surface area contributed by atoms with Crippen molar-refractivity contribution >= 4 is 11.4 Å². The molecule has 4 heteroatoms. The molecule has 1 rings (SSSR count). The SMILES string of the molecule is CCCOc1cc(NCC(C)(O)CC(C)C)ccc1N. The van der Waals surface area contributed by atoms with Crippen LogP contribution in [0, 0.1) is 5.92 Å². The third kappa shape index (κ3) is 5.70. The zero-order valence-corrected chi connectivity index (χ0v) is 13.1. The first-order chi connectivity index (χ1) is 9.34. The fourth-order valence-electron chi connectivity index (χ4n) is 2.23. The molecule has 0 amide bonds. The quantitative estimate of drug-likeness (QED) is 0.639. The molecular formula is C16H28N2O2. The molecule has 0 saturated carbocycles. The van der Waals surface area contributed by atoms with E-state index in [4.69, 9.17) is 10.5 Å². The number of rotatable bonds is 8. The number of benzene rings is 1. The predicted molar refractivity (Wildman–Crippen MR) is 85.2 cm³/mol. The van der Waals surface area contributed by atoms with Crippen LogP contribution in [-0.4, -0.2) is 23.9 Å². The molecule has 0 aliphatic rings. The highest BCUT2D eigenvalue weighted by Crippen LogP contribution is 2.26. The molecule has 20 heavy (non-hydrogen) atoms. The van der Waals surface area contributed by atoms with Gasteiger partial charge >= 0.3 is 0 Å². The fraction of sp³-hybridized carbons (Fsp3) is 0.625. The molecule has 0 radical (unpaired) electrons. The highest BCUT2D eigenvalue weighted by Gasteiger charge is 2.21. The molecule has 4 N–H and O–H groups in total. The third-order valence-electron chi connectivity index (χ3n) is 3.00. The maximum Gasteiger partial charge on any atom is 0.144 e. The zero-order chi connectivity index (χ0) is 15.2. The number of hydrogen-bond donors (Lipinski definition) is 3. The van der Waals surface area contributed by atoms with Crippen LogP contribution in [0.15, 0.2) is 18.2 Å². The summed E-state index contributed by atoms with van der Waals surface area (Å²) in [6.45, 7) is 9.27. The van der Waals surface area contributed by atoms with Crippen LogP contribution in [0.4, 0.5) is 11.4 Å². The lowest BCUT2D eigenvalue weighted by Gasteiger charge is -2.26. The molecule has 1 unspecified atom stereocenters. The van der Waals surface area contributed by atoms with Gasteiger partial charge in [0.25, 0.3) is 0 Å². The average molecular weight is 280 g/mol. The summed E-state index contributed by atoms with van der Waals surface area (Å²) in [5.41, 5.74) is 6.70. The summed E-state index contributed by atoms with van der Waals surface area (Å²) in [6, 6.07) is 5.61. The summed E-state index contributed by atoms with van der Waals surface area (Å²) in [5.74, 6) is 1.15. The standard InChI is InChI=1S/C16H28N2O2/c1-5-8-20-15-9-13(6-7-14(15)17)18-11-16(4,19)10-12(2)3/h6-7,9,12,18-19H,5,8,10-11,17H2,1-4H3. The molecule has 0 spiro atoms. The van der Waals surface area contributed by atoms with E-state index in [1.807, 2.05) is 25.1 Å². The Hall–Kier alpha value is -1.42. The van der Waals surface area contributed by atoms with E-state index in [0.717, 1.165) is 18.5 Å². The van der Waals surface area contributed by atoms with Crippen LogP contribution in [0.5, 0.6) is 5.75 Å². The molecule has 0 aliphatic carbocycles. The molecule has 0 saturated heterocycles. The molecule has 1 atom stereocenters. The maximum absolute atomic E-state index is 10.3. The van der Waals surface area contributed by atoms with E-state index in [-0.39, 0.29) is 0 Å². The van der Waals surface area contributed by atoms with E-state index in [1.165, 1.54) is 0 Å². The van der Waals surface area contributed by atoms with Crippen LogP contribution in [0.2, 0.25) is 0 Å². The molecule has 0 fully saturated rings. The van der Waals surface area contributed by atoms with Crippen LogP contribution in [0.1, 0.15) is 40.5 Å². The number of nitrogen functional groups attached to an aromatic ring is 1. The Morgan fingerprint density at radius 1 is 1.40 bits per heavy atom. The van der Waals surface area contributed by atoms with Crippen molar-refractivity contribution in [3.63, 3.8) is 0 Å². The Morgan fingerprint density at radius 3 is 2.70 bits per heavy atom.